The Labute approximate surface area is 129 Å². The summed E-state index contributed by atoms with van der Waals surface area (Å²) in [5.41, 5.74) is 2.85. The van der Waals surface area contributed by atoms with E-state index in [0.29, 0.717) is 16.5 Å². The molecule has 2 aromatic rings. The van der Waals surface area contributed by atoms with Gasteiger partial charge in [0.05, 0.1) is 23.0 Å². The third-order valence-corrected chi connectivity index (χ3v) is 4.20. The minimum Gasteiger partial charge on any atom is -0.396 e. The van der Waals surface area contributed by atoms with E-state index in [2.05, 4.69) is 5.10 Å². The molecule has 0 fully saturated rings. The number of aliphatic hydroxyl groups is 1. The lowest BCUT2D eigenvalue weighted by atomic mass is 9.95. The number of aromatic nitrogens is 2. The molecule has 0 aliphatic rings. The molecule has 0 aliphatic carbocycles. The van der Waals surface area contributed by atoms with E-state index in [-0.39, 0.29) is 12.5 Å². The molecule has 3 nitrogen and oxygen atoms in total. The molecule has 0 saturated carbocycles. The van der Waals surface area contributed by atoms with Gasteiger partial charge in [0.1, 0.15) is 0 Å². The van der Waals surface area contributed by atoms with Crippen molar-refractivity contribution in [2.24, 2.45) is 0 Å². The zero-order chi connectivity index (χ0) is 14.7. The summed E-state index contributed by atoms with van der Waals surface area (Å²) in [4.78, 5) is 0. The van der Waals surface area contributed by atoms with Gasteiger partial charge in [-0.3, -0.25) is 4.68 Å². The summed E-state index contributed by atoms with van der Waals surface area (Å²) in [6, 6.07) is 7.56. The van der Waals surface area contributed by atoms with E-state index in [1.54, 1.807) is 0 Å². The normalized spacial score (nSPS) is 12.7. The lowest BCUT2D eigenvalue weighted by Crippen LogP contribution is -2.12. The number of rotatable bonds is 5. The maximum atomic E-state index is 9.67. The SMILES string of the molecule is CCn1nc(C)c(Cl)c1CC(CO)c1ccc(Cl)cc1. The Morgan fingerprint density at radius 1 is 1.25 bits per heavy atom. The average Bonchev–Trinajstić information content (AvgIpc) is 2.73. The number of hydrogen-bond donors (Lipinski definition) is 1. The van der Waals surface area contributed by atoms with E-state index in [1.807, 2.05) is 42.8 Å². The van der Waals surface area contributed by atoms with Crippen LogP contribution in [0, 0.1) is 6.92 Å². The molecule has 1 aromatic carbocycles. The lowest BCUT2D eigenvalue weighted by Gasteiger charge is -2.16. The summed E-state index contributed by atoms with van der Waals surface area (Å²) in [5, 5.41) is 15.5. The quantitative estimate of drug-likeness (QED) is 0.911. The van der Waals surface area contributed by atoms with Crippen LogP contribution in [0.5, 0.6) is 0 Å². The van der Waals surface area contributed by atoms with Crippen LogP contribution < -0.4 is 0 Å². The molecule has 1 atom stereocenters. The maximum Gasteiger partial charge on any atom is 0.0847 e. The number of hydrogen-bond acceptors (Lipinski definition) is 2. The van der Waals surface area contributed by atoms with E-state index in [4.69, 9.17) is 23.2 Å². The molecule has 0 spiro atoms. The highest BCUT2D eigenvalue weighted by Crippen LogP contribution is 2.28. The highest BCUT2D eigenvalue weighted by Gasteiger charge is 2.18. The van der Waals surface area contributed by atoms with E-state index in [1.165, 1.54) is 0 Å². The number of halogens is 2. The monoisotopic (exact) mass is 312 g/mol. The van der Waals surface area contributed by atoms with E-state index >= 15 is 0 Å². The van der Waals surface area contributed by atoms with Crippen LogP contribution in [-0.4, -0.2) is 21.5 Å². The molecule has 0 aliphatic heterocycles. The Morgan fingerprint density at radius 3 is 2.45 bits per heavy atom. The largest absolute Gasteiger partial charge is 0.396 e. The van der Waals surface area contributed by atoms with Gasteiger partial charge in [0.2, 0.25) is 0 Å². The third-order valence-electron chi connectivity index (χ3n) is 3.45. The lowest BCUT2D eigenvalue weighted by molar-refractivity contribution is 0.262. The van der Waals surface area contributed by atoms with Gasteiger partial charge >= 0.3 is 0 Å². The topological polar surface area (TPSA) is 38.0 Å². The van der Waals surface area contributed by atoms with Crippen molar-refractivity contribution in [1.29, 1.82) is 0 Å². The molecule has 1 aromatic heterocycles. The zero-order valence-corrected chi connectivity index (χ0v) is 13.1. The van der Waals surface area contributed by atoms with Crippen LogP contribution in [0.4, 0.5) is 0 Å². The first kappa shape index (κ1) is 15.4. The molecule has 108 valence electrons. The van der Waals surface area contributed by atoms with E-state index in [9.17, 15) is 5.11 Å². The highest BCUT2D eigenvalue weighted by atomic mass is 35.5. The Hall–Kier alpha value is -1.03. The molecule has 0 saturated heterocycles. The maximum absolute atomic E-state index is 9.67. The van der Waals surface area contributed by atoms with Gasteiger partial charge < -0.3 is 5.11 Å². The predicted octanol–water partition coefficient (Wildman–Crippen LogP) is 3.84. The summed E-state index contributed by atoms with van der Waals surface area (Å²) < 4.78 is 1.90. The first-order chi connectivity index (χ1) is 9.56. The number of aryl methyl sites for hydroxylation is 2. The van der Waals surface area contributed by atoms with E-state index in [0.717, 1.165) is 23.5 Å². The molecule has 0 amide bonds. The van der Waals surface area contributed by atoms with Crippen LogP contribution in [0.3, 0.4) is 0 Å². The fraction of sp³-hybridized carbons (Fsp3) is 0.400. The molecule has 2 rings (SSSR count). The fourth-order valence-corrected chi connectivity index (χ4v) is 2.66. The highest BCUT2D eigenvalue weighted by molar-refractivity contribution is 6.31. The Bertz CT molecular complexity index is 578. The first-order valence-electron chi connectivity index (χ1n) is 6.64. The standard InChI is InChI=1S/C15H18Cl2N2O/c1-3-19-14(15(17)10(2)18-19)8-12(9-20)11-4-6-13(16)7-5-11/h4-7,12,20H,3,8-9H2,1-2H3. The Kier molecular flexibility index (Phi) is 5.08. The van der Waals surface area contributed by atoms with Gasteiger partial charge in [0.15, 0.2) is 0 Å². The molecular weight excluding hydrogens is 295 g/mol. The van der Waals surface area contributed by atoms with Gasteiger partial charge in [-0.15, -0.1) is 0 Å². The smallest absolute Gasteiger partial charge is 0.0847 e. The molecule has 1 unspecified atom stereocenters. The summed E-state index contributed by atoms with van der Waals surface area (Å²) in [6.07, 6.45) is 0.658. The Balaban J connectivity index is 2.28. The minimum absolute atomic E-state index is 0.00818. The summed E-state index contributed by atoms with van der Waals surface area (Å²) >= 11 is 12.2. The molecule has 20 heavy (non-hydrogen) atoms. The predicted molar refractivity (Wildman–Crippen MR) is 82.6 cm³/mol. The number of aliphatic hydroxyl groups excluding tert-OH is 1. The van der Waals surface area contributed by atoms with Crippen molar-refractivity contribution in [2.45, 2.75) is 32.7 Å². The fourth-order valence-electron chi connectivity index (χ4n) is 2.32. The van der Waals surface area contributed by atoms with Crippen molar-refractivity contribution >= 4 is 23.2 Å². The first-order valence-corrected chi connectivity index (χ1v) is 7.40. The van der Waals surface area contributed by atoms with E-state index < -0.39 is 0 Å². The summed E-state index contributed by atoms with van der Waals surface area (Å²) in [7, 11) is 0. The zero-order valence-electron chi connectivity index (χ0n) is 11.6. The average molecular weight is 313 g/mol. The van der Waals surface area contributed by atoms with Crippen molar-refractivity contribution in [2.75, 3.05) is 6.61 Å². The third kappa shape index (κ3) is 3.17. The van der Waals surface area contributed by atoms with Crippen LogP contribution >= 0.6 is 23.2 Å². The van der Waals surface area contributed by atoms with Crippen LogP contribution in [0.15, 0.2) is 24.3 Å². The second kappa shape index (κ2) is 6.61. The van der Waals surface area contributed by atoms with Crippen LogP contribution in [0.2, 0.25) is 10.0 Å². The van der Waals surface area contributed by atoms with Crippen molar-refractivity contribution in [3.63, 3.8) is 0 Å². The van der Waals surface area contributed by atoms with Gasteiger partial charge in [0.25, 0.3) is 0 Å². The van der Waals surface area contributed by atoms with Gasteiger partial charge in [-0.05, 0) is 38.0 Å². The van der Waals surface area contributed by atoms with Crippen LogP contribution in [0.1, 0.15) is 29.8 Å². The molecule has 1 heterocycles. The molecule has 1 N–H and O–H groups in total. The van der Waals surface area contributed by atoms with Gasteiger partial charge in [0, 0.05) is 17.5 Å². The van der Waals surface area contributed by atoms with Crippen molar-refractivity contribution < 1.29 is 5.11 Å². The van der Waals surface area contributed by atoms with Gasteiger partial charge in [-0.25, -0.2) is 0 Å². The van der Waals surface area contributed by atoms with Crippen molar-refractivity contribution in [3.8, 4) is 0 Å². The molecule has 0 bridgehead atoms. The Morgan fingerprint density at radius 2 is 1.90 bits per heavy atom. The summed E-state index contributed by atoms with van der Waals surface area (Å²) in [6.45, 7) is 4.75. The van der Waals surface area contributed by atoms with Crippen molar-refractivity contribution in [1.82, 2.24) is 9.78 Å². The van der Waals surface area contributed by atoms with Crippen LogP contribution in [-0.2, 0) is 13.0 Å². The number of benzene rings is 1. The minimum atomic E-state index is -0.00818. The van der Waals surface area contributed by atoms with Gasteiger partial charge in [-0.2, -0.15) is 5.10 Å². The molecule has 0 radical (unpaired) electrons. The second-order valence-electron chi connectivity index (χ2n) is 4.80. The summed E-state index contributed by atoms with van der Waals surface area (Å²) in [5.74, 6) is -0.00818. The molecule has 5 heteroatoms. The second-order valence-corrected chi connectivity index (χ2v) is 5.61. The number of nitrogens with zero attached hydrogens (tertiary/aromatic N) is 2. The van der Waals surface area contributed by atoms with Gasteiger partial charge in [-0.1, -0.05) is 35.3 Å². The molecular formula is C15H18Cl2N2O. The van der Waals surface area contributed by atoms with Crippen LogP contribution in [0.25, 0.3) is 0 Å². The van der Waals surface area contributed by atoms with Crippen molar-refractivity contribution in [3.05, 3.63) is 51.3 Å².